The lowest BCUT2D eigenvalue weighted by Crippen LogP contribution is -2.25. The summed E-state index contributed by atoms with van der Waals surface area (Å²) in [4.78, 5) is 20.4. The van der Waals surface area contributed by atoms with Crippen LogP contribution in [0.5, 0.6) is 5.75 Å². The fourth-order valence-corrected chi connectivity index (χ4v) is 4.09. The molecule has 0 fully saturated rings. The van der Waals surface area contributed by atoms with E-state index in [2.05, 4.69) is 21.4 Å². The number of nitrogens with zero attached hydrogens (tertiary/aromatic N) is 1. The fourth-order valence-electron chi connectivity index (χ4n) is 3.51. The molecular formula is C24H21Cl2N3O2. The lowest BCUT2D eigenvalue weighted by Gasteiger charge is -2.08. The molecule has 3 aromatic carbocycles. The number of fused-ring (bicyclic) bond motifs is 1. The van der Waals surface area contributed by atoms with Gasteiger partial charge < -0.3 is 15.0 Å². The highest BCUT2D eigenvalue weighted by atomic mass is 35.5. The molecule has 0 aliphatic heterocycles. The first-order valence-electron chi connectivity index (χ1n) is 9.82. The van der Waals surface area contributed by atoms with Crippen molar-refractivity contribution in [2.24, 2.45) is 0 Å². The zero-order chi connectivity index (χ0) is 22.0. The average molecular weight is 454 g/mol. The Hall–Kier alpha value is -3.02. The summed E-state index contributed by atoms with van der Waals surface area (Å²) in [5.74, 6) is 1.29. The van der Waals surface area contributed by atoms with Gasteiger partial charge in [0, 0.05) is 12.1 Å². The Morgan fingerprint density at radius 3 is 2.58 bits per heavy atom. The lowest BCUT2D eigenvalue weighted by molar-refractivity contribution is 0.0954. The number of aromatic nitrogens is 2. The van der Waals surface area contributed by atoms with Gasteiger partial charge in [0.15, 0.2) is 0 Å². The topological polar surface area (TPSA) is 67.0 Å². The Labute approximate surface area is 190 Å². The van der Waals surface area contributed by atoms with E-state index >= 15 is 0 Å². The predicted octanol–water partition coefficient (Wildman–Crippen LogP) is 5.83. The first-order valence-corrected chi connectivity index (χ1v) is 10.6. The summed E-state index contributed by atoms with van der Waals surface area (Å²) >= 11 is 12.6. The van der Waals surface area contributed by atoms with Gasteiger partial charge in [-0.1, -0.05) is 41.4 Å². The normalized spacial score (nSPS) is 11.0. The summed E-state index contributed by atoms with van der Waals surface area (Å²) in [5.41, 5.74) is 4.89. The summed E-state index contributed by atoms with van der Waals surface area (Å²) in [6, 6.07) is 16.7. The Kier molecular flexibility index (Phi) is 6.16. The van der Waals surface area contributed by atoms with Crippen LogP contribution in [0.2, 0.25) is 10.0 Å². The average Bonchev–Trinajstić information content (AvgIpc) is 3.16. The molecule has 0 bridgehead atoms. The fraction of sp³-hybridized carbons (Fsp3) is 0.167. The number of halogens is 2. The van der Waals surface area contributed by atoms with E-state index in [9.17, 15) is 4.79 Å². The number of benzene rings is 3. The molecule has 0 saturated heterocycles. The molecule has 0 atom stereocenters. The van der Waals surface area contributed by atoms with Crippen LogP contribution in [-0.2, 0) is 6.42 Å². The minimum Gasteiger partial charge on any atom is -0.496 e. The molecule has 1 heterocycles. The van der Waals surface area contributed by atoms with E-state index in [0.717, 1.165) is 34.3 Å². The number of H-pyrrole nitrogens is 1. The minimum absolute atomic E-state index is 0.140. The van der Waals surface area contributed by atoms with Crippen LogP contribution in [0, 0.1) is 6.92 Å². The zero-order valence-electron chi connectivity index (χ0n) is 17.1. The Morgan fingerprint density at radius 1 is 1.10 bits per heavy atom. The lowest BCUT2D eigenvalue weighted by atomic mass is 10.1. The number of nitrogens with one attached hydrogen (secondary N) is 2. The van der Waals surface area contributed by atoms with Crippen molar-refractivity contribution in [2.75, 3.05) is 13.7 Å². The molecule has 4 rings (SSSR count). The maximum absolute atomic E-state index is 12.6. The highest BCUT2D eigenvalue weighted by Crippen LogP contribution is 2.33. The number of carbonyl (C=O) groups excluding carboxylic acids is 1. The molecule has 0 spiro atoms. The Balaban J connectivity index is 1.47. The molecule has 0 aliphatic carbocycles. The van der Waals surface area contributed by atoms with E-state index in [1.807, 2.05) is 25.1 Å². The number of carbonyl (C=O) groups is 1. The molecule has 0 radical (unpaired) electrons. The van der Waals surface area contributed by atoms with E-state index < -0.39 is 0 Å². The van der Waals surface area contributed by atoms with E-state index in [-0.39, 0.29) is 5.91 Å². The van der Waals surface area contributed by atoms with Gasteiger partial charge in [0.25, 0.3) is 5.91 Å². The molecule has 31 heavy (non-hydrogen) atoms. The van der Waals surface area contributed by atoms with Crippen LogP contribution in [0.3, 0.4) is 0 Å². The molecule has 0 saturated carbocycles. The first kappa shape index (κ1) is 21.2. The molecule has 158 valence electrons. The van der Waals surface area contributed by atoms with Gasteiger partial charge in [0.05, 0.1) is 33.8 Å². The van der Waals surface area contributed by atoms with E-state index in [1.54, 1.807) is 37.4 Å². The van der Waals surface area contributed by atoms with Gasteiger partial charge in [0.2, 0.25) is 0 Å². The Morgan fingerprint density at radius 2 is 1.87 bits per heavy atom. The number of hydrogen-bond acceptors (Lipinski definition) is 3. The van der Waals surface area contributed by atoms with Crippen LogP contribution in [-0.4, -0.2) is 29.5 Å². The van der Waals surface area contributed by atoms with Crippen molar-refractivity contribution in [3.05, 3.63) is 81.3 Å². The van der Waals surface area contributed by atoms with Crippen LogP contribution in [0.4, 0.5) is 0 Å². The molecule has 1 aromatic heterocycles. The third-order valence-electron chi connectivity index (χ3n) is 5.10. The van der Waals surface area contributed by atoms with Crippen LogP contribution in [0.1, 0.15) is 21.5 Å². The summed E-state index contributed by atoms with van der Waals surface area (Å²) in [7, 11) is 1.66. The molecule has 5 nitrogen and oxygen atoms in total. The van der Waals surface area contributed by atoms with Crippen LogP contribution in [0.25, 0.3) is 22.4 Å². The van der Waals surface area contributed by atoms with Crippen molar-refractivity contribution in [1.29, 1.82) is 0 Å². The first-order chi connectivity index (χ1) is 15.0. The second-order valence-corrected chi connectivity index (χ2v) is 8.04. The predicted molar refractivity (Wildman–Crippen MR) is 125 cm³/mol. The van der Waals surface area contributed by atoms with Gasteiger partial charge in [-0.25, -0.2) is 4.98 Å². The smallest absolute Gasteiger partial charge is 0.251 e. The van der Waals surface area contributed by atoms with Crippen molar-refractivity contribution >= 4 is 40.1 Å². The van der Waals surface area contributed by atoms with Crippen LogP contribution < -0.4 is 10.1 Å². The van der Waals surface area contributed by atoms with Crippen molar-refractivity contribution in [3.63, 3.8) is 0 Å². The van der Waals surface area contributed by atoms with Gasteiger partial charge >= 0.3 is 0 Å². The third kappa shape index (κ3) is 4.53. The molecule has 2 N–H and O–H groups in total. The molecule has 4 aromatic rings. The van der Waals surface area contributed by atoms with Gasteiger partial charge in [-0.3, -0.25) is 4.79 Å². The third-order valence-corrected chi connectivity index (χ3v) is 5.73. The number of ether oxygens (including phenoxy) is 1. The van der Waals surface area contributed by atoms with Crippen molar-refractivity contribution in [3.8, 4) is 17.1 Å². The Bertz CT molecular complexity index is 1250. The highest BCUT2D eigenvalue weighted by molar-refractivity contribution is 6.39. The number of aryl methyl sites for hydroxylation is 1. The van der Waals surface area contributed by atoms with Crippen molar-refractivity contribution < 1.29 is 9.53 Å². The standard InChI is InChI=1S/C24H21Cl2N3O2/c1-14-12-15(6-9-21(14)31-2)10-11-27-24(30)16-7-8-19-20(13-16)29-23(28-19)22-17(25)4-3-5-18(22)26/h3-9,12-13H,10-11H2,1-2H3,(H,27,30)(H,28,29). The van der Waals surface area contributed by atoms with Crippen molar-refractivity contribution in [1.82, 2.24) is 15.3 Å². The number of imidazole rings is 1. The highest BCUT2D eigenvalue weighted by Gasteiger charge is 2.14. The van der Waals surface area contributed by atoms with Crippen molar-refractivity contribution in [2.45, 2.75) is 13.3 Å². The number of rotatable bonds is 6. The molecule has 0 aliphatic rings. The molecule has 7 heteroatoms. The maximum Gasteiger partial charge on any atom is 0.251 e. The summed E-state index contributed by atoms with van der Waals surface area (Å²) < 4.78 is 5.29. The largest absolute Gasteiger partial charge is 0.496 e. The minimum atomic E-state index is -0.140. The van der Waals surface area contributed by atoms with E-state index in [0.29, 0.717) is 33.5 Å². The molecule has 0 unspecified atom stereocenters. The number of methoxy groups -OCH3 is 1. The number of hydrogen-bond donors (Lipinski definition) is 2. The second-order valence-electron chi connectivity index (χ2n) is 7.22. The van der Waals surface area contributed by atoms with Gasteiger partial charge in [-0.05, 0) is 60.9 Å². The maximum atomic E-state index is 12.6. The summed E-state index contributed by atoms with van der Waals surface area (Å²) in [6.45, 7) is 2.54. The second kappa shape index (κ2) is 9.00. The van der Waals surface area contributed by atoms with Crippen LogP contribution in [0.15, 0.2) is 54.6 Å². The SMILES string of the molecule is COc1ccc(CCNC(=O)c2ccc3nc(-c4c(Cl)cccc4Cl)[nH]c3c2)cc1C. The molecule has 1 amide bonds. The summed E-state index contributed by atoms with van der Waals surface area (Å²) in [6.07, 6.45) is 0.734. The number of amides is 1. The summed E-state index contributed by atoms with van der Waals surface area (Å²) in [5, 5.41) is 3.99. The van der Waals surface area contributed by atoms with Gasteiger partial charge in [-0.2, -0.15) is 0 Å². The monoisotopic (exact) mass is 453 g/mol. The molecular weight excluding hydrogens is 433 g/mol. The zero-order valence-corrected chi connectivity index (χ0v) is 18.6. The number of aromatic amines is 1. The van der Waals surface area contributed by atoms with E-state index in [4.69, 9.17) is 27.9 Å². The van der Waals surface area contributed by atoms with Crippen LogP contribution >= 0.6 is 23.2 Å². The quantitative estimate of drug-likeness (QED) is 0.386. The van der Waals surface area contributed by atoms with Gasteiger partial charge in [0.1, 0.15) is 11.6 Å². The van der Waals surface area contributed by atoms with E-state index in [1.165, 1.54) is 0 Å². The van der Waals surface area contributed by atoms with Gasteiger partial charge in [-0.15, -0.1) is 0 Å².